The van der Waals surface area contributed by atoms with Crippen LogP contribution in [-0.2, 0) is 32.1 Å². The van der Waals surface area contributed by atoms with Crippen LogP contribution in [0.15, 0.2) is 33.6 Å². The molecule has 0 spiro atoms. The molecule has 0 fully saturated rings. The summed E-state index contributed by atoms with van der Waals surface area (Å²) in [6.07, 6.45) is 1.54. The average molecular weight is 363 g/mol. The Bertz CT molecular complexity index is 514. The molecular formula is C11H14ClN6SZn-. The topological polar surface area (TPSA) is 74.0 Å². The van der Waals surface area contributed by atoms with Crippen LogP contribution in [-0.4, -0.2) is 28.6 Å². The molecule has 1 heterocycles. The van der Waals surface area contributed by atoms with Crippen LogP contribution in [0, 0.1) is 0 Å². The van der Waals surface area contributed by atoms with E-state index in [4.69, 9.17) is 24.2 Å². The van der Waals surface area contributed by atoms with Gasteiger partial charge in [-0.1, -0.05) is 11.6 Å². The largest absolute Gasteiger partial charge is 0.741 e. The third-order valence-electron chi connectivity index (χ3n) is 2.09. The van der Waals surface area contributed by atoms with Gasteiger partial charge in [-0.3, -0.25) is 5.43 Å². The molecule has 104 valence electrons. The van der Waals surface area contributed by atoms with Crippen molar-refractivity contribution in [3.05, 3.63) is 23.4 Å². The van der Waals surface area contributed by atoms with Gasteiger partial charge in [0.15, 0.2) is 0 Å². The number of amidine groups is 1. The smallest absolute Gasteiger partial charge is 0.146 e. The second-order valence-electron chi connectivity index (χ2n) is 3.51. The summed E-state index contributed by atoms with van der Waals surface area (Å²) < 4.78 is 0. The monoisotopic (exact) mass is 361 g/mol. The maximum absolute atomic E-state index is 5.73. The standard InChI is InChI=1S/C11H15ClN6S.Zn/c1-7(8(2)16-18-11(19)13-3)15-17-10-5-4-9(12)6-14-10;/h4-6H,1-3H3,(H,14,17)(H2,13,18,19);/p-1. The molecule has 2 N–H and O–H groups in total. The molecule has 20 heavy (non-hydrogen) atoms. The first-order valence-corrected chi connectivity index (χ1v) is 6.20. The van der Waals surface area contributed by atoms with Gasteiger partial charge in [-0.2, -0.15) is 15.3 Å². The third kappa shape index (κ3) is 6.89. The van der Waals surface area contributed by atoms with E-state index in [1.807, 2.05) is 0 Å². The molecule has 6 nitrogen and oxygen atoms in total. The Balaban J connectivity index is 0.00000361. The maximum Gasteiger partial charge on any atom is 0.146 e. The summed E-state index contributed by atoms with van der Waals surface area (Å²) >= 11 is 10.6. The molecule has 0 bridgehead atoms. The van der Waals surface area contributed by atoms with Gasteiger partial charge in [-0.05, 0) is 31.1 Å². The maximum atomic E-state index is 5.73. The summed E-state index contributed by atoms with van der Waals surface area (Å²) in [6.45, 7) is 3.59. The van der Waals surface area contributed by atoms with Crippen molar-refractivity contribution in [3.63, 3.8) is 0 Å². The quantitative estimate of drug-likeness (QED) is 0.282. The molecule has 0 aromatic carbocycles. The zero-order valence-corrected chi connectivity index (χ0v) is 16.1. The Labute approximate surface area is 141 Å². The van der Waals surface area contributed by atoms with Crippen LogP contribution in [0.4, 0.5) is 5.82 Å². The Morgan fingerprint density at radius 2 is 1.95 bits per heavy atom. The van der Waals surface area contributed by atoms with Gasteiger partial charge in [0.2, 0.25) is 0 Å². The minimum Gasteiger partial charge on any atom is -0.741 e. The van der Waals surface area contributed by atoms with Crippen LogP contribution in [0.5, 0.6) is 0 Å². The van der Waals surface area contributed by atoms with Crippen LogP contribution in [0.25, 0.3) is 0 Å². The first-order valence-electron chi connectivity index (χ1n) is 5.42. The zero-order valence-electron chi connectivity index (χ0n) is 11.5. The van der Waals surface area contributed by atoms with E-state index >= 15 is 0 Å². The number of aromatic nitrogens is 1. The van der Waals surface area contributed by atoms with Crippen LogP contribution >= 0.6 is 11.6 Å². The zero-order chi connectivity index (χ0) is 14.3. The van der Waals surface area contributed by atoms with Crippen molar-refractivity contribution in [2.24, 2.45) is 15.3 Å². The van der Waals surface area contributed by atoms with Gasteiger partial charge in [-0.15, -0.1) is 0 Å². The predicted octanol–water partition coefficient (Wildman–Crippen LogP) is 2.02. The van der Waals surface area contributed by atoms with E-state index in [0.29, 0.717) is 27.4 Å². The molecule has 0 atom stereocenters. The fraction of sp³-hybridized carbons (Fsp3) is 0.273. The number of hydrazone groups is 1. The molecule has 0 saturated carbocycles. The van der Waals surface area contributed by atoms with E-state index in [-0.39, 0.29) is 19.5 Å². The van der Waals surface area contributed by atoms with E-state index in [0.717, 1.165) is 0 Å². The van der Waals surface area contributed by atoms with Gasteiger partial charge in [0.05, 0.1) is 16.4 Å². The Hall–Kier alpha value is -1.11. The van der Waals surface area contributed by atoms with Crippen molar-refractivity contribution < 1.29 is 19.5 Å². The number of nitrogens with one attached hydrogen (secondary N) is 2. The van der Waals surface area contributed by atoms with Crippen molar-refractivity contribution in [3.8, 4) is 0 Å². The van der Waals surface area contributed by atoms with Crippen LogP contribution in [0.2, 0.25) is 5.02 Å². The number of rotatable bonds is 4. The summed E-state index contributed by atoms with van der Waals surface area (Å²) in [5.74, 6) is 0.597. The number of anilines is 1. The molecule has 0 saturated heterocycles. The number of pyridine rings is 1. The second-order valence-corrected chi connectivity index (χ2v) is 4.33. The molecule has 0 aliphatic carbocycles. The number of hydrogen-bond acceptors (Lipinski definition) is 6. The first kappa shape index (κ1) is 18.9. The van der Waals surface area contributed by atoms with Gasteiger partial charge in [0.1, 0.15) is 5.82 Å². The Kier molecular flexibility index (Phi) is 9.20. The number of halogens is 1. The van der Waals surface area contributed by atoms with Gasteiger partial charge in [0, 0.05) is 32.7 Å². The van der Waals surface area contributed by atoms with Gasteiger partial charge in [0.25, 0.3) is 0 Å². The van der Waals surface area contributed by atoms with E-state index < -0.39 is 0 Å². The number of nitrogens with zero attached hydrogens (tertiary/aromatic N) is 4. The molecule has 1 aromatic rings. The van der Waals surface area contributed by atoms with Crippen molar-refractivity contribution in [1.82, 2.24) is 10.3 Å². The molecule has 0 unspecified atom stereocenters. The minimum atomic E-state index is 0. The summed E-state index contributed by atoms with van der Waals surface area (Å²) in [5, 5.41) is 15.5. The summed E-state index contributed by atoms with van der Waals surface area (Å²) in [5.41, 5.74) is 4.13. The molecule has 0 radical (unpaired) electrons. The van der Waals surface area contributed by atoms with Crippen LogP contribution in [0.3, 0.4) is 0 Å². The van der Waals surface area contributed by atoms with Gasteiger partial charge < -0.3 is 17.9 Å². The molecule has 0 aliphatic rings. The molecule has 1 aromatic heterocycles. The van der Waals surface area contributed by atoms with Crippen LogP contribution < -0.4 is 10.7 Å². The first-order chi connectivity index (χ1) is 9.02. The van der Waals surface area contributed by atoms with Gasteiger partial charge in [-0.25, -0.2) is 4.98 Å². The van der Waals surface area contributed by atoms with E-state index in [2.05, 4.69) is 31.0 Å². The van der Waals surface area contributed by atoms with E-state index in [9.17, 15) is 0 Å². The van der Waals surface area contributed by atoms with Crippen molar-refractivity contribution in [1.29, 1.82) is 0 Å². The average Bonchev–Trinajstić information content (AvgIpc) is 2.43. The molecule has 9 heteroatoms. The summed E-state index contributed by atoms with van der Waals surface area (Å²) in [7, 11) is 1.69. The Morgan fingerprint density at radius 3 is 2.50 bits per heavy atom. The van der Waals surface area contributed by atoms with E-state index in [1.54, 1.807) is 33.0 Å². The van der Waals surface area contributed by atoms with Crippen LogP contribution in [0.1, 0.15) is 13.8 Å². The second kappa shape index (κ2) is 9.74. The summed E-state index contributed by atoms with van der Waals surface area (Å²) in [4.78, 5) is 4.05. The molecule has 1 rings (SSSR count). The van der Waals surface area contributed by atoms with Crippen molar-refractivity contribution in [2.45, 2.75) is 13.8 Å². The minimum absolute atomic E-state index is 0. The van der Waals surface area contributed by atoms with Crippen molar-refractivity contribution >= 4 is 46.6 Å². The summed E-state index contributed by atoms with van der Waals surface area (Å²) in [6, 6.07) is 3.45. The normalized spacial score (nSPS) is 12.7. The molecular weight excluding hydrogens is 349 g/mol. The molecule has 0 aliphatic heterocycles. The van der Waals surface area contributed by atoms with Crippen molar-refractivity contribution in [2.75, 3.05) is 12.5 Å². The fourth-order valence-corrected chi connectivity index (χ4v) is 1.06. The Morgan fingerprint density at radius 1 is 1.25 bits per heavy atom. The predicted molar refractivity (Wildman–Crippen MR) is 82.9 cm³/mol. The van der Waals surface area contributed by atoms with E-state index in [1.165, 1.54) is 6.20 Å². The number of hydrogen-bond donors (Lipinski definition) is 2. The van der Waals surface area contributed by atoms with Gasteiger partial charge >= 0.3 is 0 Å². The SMILES string of the molecule is CNC([S-])=NN=C(C)C(C)=NNc1ccc(Cl)cn1.[Zn]. The third-order valence-corrected chi connectivity index (χ3v) is 2.60. The fourth-order valence-electron chi connectivity index (χ4n) is 0.907. The molecule has 0 amide bonds.